The van der Waals surface area contributed by atoms with Crippen LogP contribution in [0.5, 0.6) is 0 Å². The van der Waals surface area contributed by atoms with E-state index in [0.717, 1.165) is 25.9 Å². The molecule has 0 aliphatic carbocycles. The molecule has 0 rings (SSSR count). The smallest absolute Gasteiger partial charge is 0.298 e. The van der Waals surface area contributed by atoms with Gasteiger partial charge >= 0.3 is 0 Å². The Bertz CT molecular complexity index is 208. The summed E-state index contributed by atoms with van der Waals surface area (Å²) in [5, 5.41) is 0. The lowest BCUT2D eigenvalue weighted by Gasteiger charge is -2.14. The molecule has 2 heteroatoms. The Morgan fingerprint density at radius 3 is 2.29 bits per heavy atom. The second-order valence-corrected chi connectivity index (χ2v) is 3.24. The molecule has 0 radical (unpaired) electrons. The fourth-order valence-corrected chi connectivity index (χ4v) is 1.19. The Morgan fingerprint density at radius 1 is 1.14 bits per heavy atom. The van der Waals surface area contributed by atoms with Crippen molar-refractivity contribution in [2.45, 2.75) is 46.5 Å². The van der Waals surface area contributed by atoms with Crippen molar-refractivity contribution in [3.05, 3.63) is 0 Å². The van der Waals surface area contributed by atoms with Crippen molar-refractivity contribution >= 4 is 5.91 Å². The van der Waals surface area contributed by atoms with Crippen molar-refractivity contribution in [1.29, 1.82) is 0 Å². The van der Waals surface area contributed by atoms with Crippen molar-refractivity contribution in [3.63, 3.8) is 0 Å². The fraction of sp³-hybridized carbons (Fsp3) is 0.750. The molecule has 0 atom stereocenters. The van der Waals surface area contributed by atoms with E-state index in [1.807, 2.05) is 13.8 Å². The van der Waals surface area contributed by atoms with E-state index in [2.05, 4.69) is 18.8 Å². The standard InChI is InChI=1S/C12H21NO/c1-4-7-8-9-10-11-12(14)13(5-2)6-3/h4-9H2,1-3H3. The lowest BCUT2D eigenvalue weighted by Crippen LogP contribution is -2.29. The summed E-state index contributed by atoms with van der Waals surface area (Å²) in [7, 11) is 0. The van der Waals surface area contributed by atoms with Crippen LogP contribution in [0.15, 0.2) is 0 Å². The number of carbonyl (C=O) groups is 1. The maximum Gasteiger partial charge on any atom is 0.298 e. The highest BCUT2D eigenvalue weighted by Crippen LogP contribution is 1.96. The van der Waals surface area contributed by atoms with Crippen LogP contribution in [0.4, 0.5) is 0 Å². The van der Waals surface area contributed by atoms with Gasteiger partial charge in [0.25, 0.3) is 5.91 Å². The number of unbranched alkanes of at least 4 members (excludes halogenated alkanes) is 3. The lowest BCUT2D eigenvalue weighted by atomic mass is 10.2. The normalized spacial score (nSPS) is 9.07. The van der Waals surface area contributed by atoms with Crippen LogP contribution in [0.25, 0.3) is 0 Å². The van der Waals surface area contributed by atoms with Crippen molar-refractivity contribution in [2.75, 3.05) is 13.1 Å². The van der Waals surface area contributed by atoms with Gasteiger partial charge in [-0.15, -0.1) is 0 Å². The summed E-state index contributed by atoms with van der Waals surface area (Å²) in [5.41, 5.74) is 0. The first-order valence-corrected chi connectivity index (χ1v) is 5.54. The zero-order valence-corrected chi connectivity index (χ0v) is 9.60. The van der Waals surface area contributed by atoms with Crippen molar-refractivity contribution in [1.82, 2.24) is 4.90 Å². The SMILES string of the molecule is CCCCCC#CC(=O)N(CC)CC. The van der Waals surface area contributed by atoms with Gasteiger partial charge in [0, 0.05) is 19.5 Å². The van der Waals surface area contributed by atoms with Crippen molar-refractivity contribution in [3.8, 4) is 11.8 Å². The minimum absolute atomic E-state index is 0.0356. The average molecular weight is 195 g/mol. The largest absolute Gasteiger partial charge is 0.332 e. The molecule has 0 N–H and O–H groups in total. The number of carbonyl (C=O) groups excluding carboxylic acids is 1. The molecule has 0 aliphatic rings. The van der Waals surface area contributed by atoms with Crippen molar-refractivity contribution in [2.24, 2.45) is 0 Å². The number of hydrogen-bond donors (Lipinski definition) is 0. The van der Waals surface area contributed by atoms with Crippen LogP contribution in [-0.2, 0) is 4.79 Å². The lowest BCUT2D eigenvalue weighted by molar-refractivity contribution is -0.124. The molecule has 0 spiro atoms. The maximum atomic E-state index is 11.4. The van der Waals surface area contributed by atoms with E-state index in [-0.39, 0.29) is 5.91 Å². The van der Waals surface area contributed by atoms with Gasteiger partial charge < -0.3 is 4.90 Å². The Balaban J connectivity index is 3.78. The van der Waals surface area contributed by atoms with E-state index in [4.69, 9.17) is 0 Å². The second-order valence-electron chi connectivity index (χ2n) is 3.24. The first-order chi connectivity index (χ1) is 6.76. The van der Waals surface area contributed by atoms with Crippen LogP contribution in [0, 0.1) is 11.8 Å². The van der Waals surface area contributed by atoms with Crippen molar-refractivity contribution < 1.29 is 4.79 Å². The van der Waals surface area contributed by atoms with Gasteiger partial charge in [-0.2, -0.15) is 0 Å². The minimum atomic E-state index is -0.0356. The van der Waals surface area contributed by atoms with E-state index in [1.165, 1.54) is 12.8 Å². The summed E-state index contributed by atoms with van der Waals surface area (Å²) >= 11 is 0. The number of hydrogen-bond acceptors (Lipinski definition) is 1. The molecular weight excluding hydrogens is 174 g/mol. The zero-order valence-electron chi connectivity index (χ0n) is 9.60. The van der Waals surface area contributed by atoms with Crippen LogP contribution in [-0.4, -0.2) is 23.9 Å². The first kappa shape index (κ1) is 13.0. The topological polar surface area (TPSA) is 20.3 Å². The molecule has 0 fully saturated rings. The Labute approximate surface area is 87.7 Å². The third-order valence-electron chi connectivity index (χ3n) is 2.15. The number of amides is 1. The Hall–Kier alpha value is -0.970. The summed E-state index contributed by atoms with van der Waals surface area (Å²) < 4.78 is 0. The Kier molecular flexibility index (Phi) is 8.02. The summed E-state index contributed by atoms with van der Waals surface area (Å²) in [6.07, 6.45) is 4.36. The van der Waals surface area contributed by atoms with Gasteiger partial charge in [-0.25, -0.2) is 0 Å². The molecule has 0 aromatic rings. The van der Waals surface area contributed by atoms with Crippen LogP contribution in [0.3, 0.4) is 0 Å². The van der Waals surface area contributed by atoms with Gasteiger partial charge in [0.15, 0.2) is 0 Å². The number of nitrogens with zero attached hydrogens (tertiary/aromatic N) is 1. The summed E-state index contributed by atoms with van der Waals surface area (Å²) in [5.74, 6) is 5.57. The number of rotatable bonds is 5. The third kappa shape index (κ3) is 5.64. The van der Waals surface area contributed by atoms with Crippen LogP contribution in [0.2, 0.25) is 0 Å². The highest BCUT2D eigenvalue weighted by atomic mass is 16.2. The highest BCUT2D eigenvalue weighted by Gasteiger charge is 2.03. The highest BCUT2D eigenvalue weighted by molar-refractivity contribution is 5.93. The predicted molar refractivity (Wildman–Crippen MR) is 59.8 cm³/mol. The third-order valence-corrected chi connectivity index (χ3v) is 2.15. The zero-order chi connectivity index (χ0) is 10.8. The molecule has 0 aromatic carbocycles. The van der Waals surface area contributed by atoms with E-state index in [0.29, 0.717) is 0 Å². The maximum absolute atomic E-state index is 11.4. The van der Waals surface area contributed by atoms with Gasteiger partial charge in [0.2, 0.25) is 0 Å². The van der Waals surface area contributed by atoms with Gasteiger partial charge in [0.1, 0.15) is 0 Å². The summed E-state index contributed by atoms with van der Waals surface area (Å²) in [6, 6.07) is 0. The van der Waals surface area contributed by atoms with E-state index in [9.17, 15) is 4.79 Å². The molecule has 2 nitrogen and oxygen atoms in total. The molecule has 0 saturated heterocycles. The molecular formula is C12H21NO. The molecule has 80 valence electrons. The Morgan fingerprint density at radius 2 is 1.79 bits per heavy atom. The molecule has 0 bridgehead atoms. The van der Waals surface area contributed by atoms with Crippen LogP contribution < -0.4 is 0 Å². The summed E-state index contributed by atoms with van der Waals surface area (Å²) in [4.78, 5) is 13.1. The molecule has 0 unspecified atom stereocenters. The van der Waals surface area contributed by atoms with Gasteiger partial charge in [-0.1, -0.05) is 25.7 Å². The molecule has 0 heterocycles. The predicted octanol–water partition coefficient (Wildman–Crippen LogP) is 2.44. The van der Waals surface area contributed by atoms with Gasteiger partial charge in [-0.3, -0.25) is 4.79 Å². The van der Waals surface area contributed by atoms with E-state index >= 15 is 0 Å². The molecule has 0 saturated carbocycles. The van der Waals surface area contributed by atoms with Gasteiger partial charge in [-0.05, 0) is 26.2 Å². The summed E-state index contributed by atoms with van der Waals surface area (Å²) in [6.45, 7) is 7.60. The quantitative estimate of drug-likeness (QED) is 0.487. The van der Waals surface area contributed by atoms with Crippen LogP contribution >= 0.6 is 0 Å². The minimum Gasteiger partial charge on any atom is -0.332 e. The van der Waals surface area contributed by atoms with E-state index in [1.54, 1.807) is 4.90 Å². The van der Waals surface area contributed by atoms with E-state index < -0.39 is 0 Å². The second kappa shape index (κ2) is 8.62. The van der Waals surface area contributed by atoms with Crippen LogP contribution in [0.1, 0.15) is 46.5 Å². The molecule has 0 aromatic heterocycles. The monoisotopic (exact) mass is 195 g/mol. The van der Waals surface area contributed by atoms with Gasteiger partial charge in [0.05, 0.1) is 0 Å². The molecule has 0 aliphatic heterocycles. The average Bonchev–Trinajstić information content (AvgIpc) is 2.19. The first-order valence-electron chi connectivity index (χ1n) is 5.54. The fourth-order valence-electron chi connectivity index (χ4n) is 1.19. The molecule has 1 amide bonds. The molecule has 14 heavy (non-hydrogen) atoms.